The summed E-state index contributed by atoms with van der Waals surface area (Å²) in [5, 5.41) is 3.00. The number of benzene rings is 1. The Bertz CT molecular complexity index is 852. The van der Waals surface area contributed by atoms with E-state index in [0.29, 0.717) is 12.0 Å². The van der Waals surface area contributed by atoms with Crippen molar-refractivity contribution in [1.29, 1.82) is 0 Å². The monoisotopic (exact) mass is 367 g/mol. The molecule has 1 aliphatic rings. The lowest BCUT2D eigenvalue weighted by Crippen LogP contribution is -2.35. The lowest BCUT2D eigenvalue weighted by atomic mass is 10.0. The molecular formula is C22H29N3O2. The van der Waals surface area contributed by atoms with Crippen LogP contribution in [-0.2, 0) is 19.4 Å². The number of nitrogens with zero attached hydrogens (tertiary/aromatic N) is 2. The summed E-state index contributed by atoms with van der Waals surface area (Å²) in [6.07, 6.45) is 3.48. The number of rotatable bonds is 8. The summed E-state index contributed by atoms with van der Waals surface area (Å²) < 4.78 is 2.14. The standard InChI is InChI=1S/C22H29N3O2/c1-16-15-20(26)21(22(27)23-18-10-11-18)19(25(16)14-13-24(2)3)12-9-17-7-5-4-6-8-17/h4-8,15,18H,9-14H2,1-3H3,(H,23,27). The van der Waals surface area contributed by atoms with Crippen LogP contribution < -0.4 is 10.7 Å². The molecule has 1 N–H and O–H groups in total. The third-order valence-corrected chi connectivity index (χ3v) is 5.03. The minimum atomic E-state index is -0.218. The number of nitrogens with one attached hydrogen (secondary N) is 1. The van der Waals surface area contributed by atoms with E-state index < -0.39 is 0 Å². The first-order valence-corrected chi connectivity index (χ1v) is 9.68. The summed E-state index contributed by atoms with van der Waals surface area (Å²) in [5.74, 6) is -0.218. The van der Waals surface area contributed by atoms with Gasteiger partial charge in [0.15, 0.2) is 5.43 Å². The van der Waals surface area contributed by atoms with Crippen LogP contribution in [0.2, 0.25) is 0 Å². The van der Waals surface area contributed by atoms with Gasteiger partial charge in [-0.3, -0.25) is 9.59 Å². The first-order chi connectivity index (χ1) is 13.0. The third-order valence-electron chi connectivity index (χ3n) is 5.03. The highest BCUT2D eigenvalue weighted by Gasteiger charge is 2.27. The minimum Gasteiger partial charge on any atom is -0.349 e. The maximum Gasteiger partial charge on any atom is 0.257 e. The van der Waals surface area contributed by atoms with E-state index in [-0.39, 0.29) is 17.4 Å². The molecule has 2 aromatic rings. The minimum absolute atomic E-state index is 0.171. The first-order valence-electron chi connectivity index (χ1n) is 9.68. The lowest BCUT2D eigenvalue weighted by Gasteiger charge is -2.22. The molecular weight excluding hydrogens is 338 g/mol. The summed E-state index contributed by atoms with van der Waals surface area (Å²) in [7, 11) is 4.06. The Morgan fingerprint density at radius 1 is 1.19 bits per heavy atom. The summed E-state index contributed by atoms with van der Waals surface area (Å²) in [5.41, 5.74) is 3.12. The van der Waals surface area contributed by atoms with Gasteiger partial charge in [0.2, 0.25) is 0 Å². The van der Waals surface area contributed by atoms with Crippen LogP contribution in [0, 0.1) is 6.92 Å². The molecule has 27 heavy (non-hydrogen) atoms. The van der Waals surface area contributed by atoms with Crippen LogP contribution in [0.25, 0.3) is 0 Å². The van der Waals surface area contributed by atoms with Gasteiger partial charge in [0, 0.05) is 36.6 Å². The van der Waals surface area contributed by atoms with Crippen molar-refractivity contribution in [1.82, 2.24) is 14.8 Å². The summed E-state index contributed by atoms with van der Waals surface area (Å²) in [6, 6.07) is 12.0. The molecule has 3 rings (SSSR count). The van der Waals surface area contributed by atoms with E-state index in [1.807, 2.05) is 39.2 Å². The van der Waals surface area contributed by atoms with Gasteiger partial charge >= 0.3 is 0 Å². The second-order valence-electron chi connectivity index (χ2n) is 7.66. The van der Waals surface area contributed by atoms with Crippen LogP contribution in [0.15, 0.2) is 41.2 Å². The van der Waals surface area contributed by atoms with Crippen molar-refractivity contribution in [3.63, 3.8) is 0 Å². The Labute approximate surface area is 161 Å². The van der Waals surface area contributed by atoms with Gasteiger partial charge in [-0.1, -0.05) is 30.3 Å². The maximum absolute atomic E-state index is 12.8. The molecule has 1 saturated carbocycles. The fourth-order valence-corrected chi connectivity index (χ4v) is 3.34. The van der Waals surface area contributed by atoms with Gasteiger partial charge in [-0.05, 0) is 52.3 Å². The summed E-state index contributed by atoms with van der Waals surface area (Å²) in [6.45, 7) is 3.56. The van der Waals surface area contributed by atoms with Gasteiger partial charge in [-0.15, -0.1) is 0 Å². The molecule has 0 bridgehead atoms. The first kappa shape index (κ1) is 19.4. The highest BCUT2D eigenvalue weighted by atomic mass is 16.2. The van der Waals surface area contributed by atoms with Crippen LogP contribution >= 0.6 is 0 Å². The van der Waals surface area contributed by atoms with E-state index in [1.54, 1.807) is 6.07 Å². The largest absolute Gasteiger partial charge is 0.349 e. The quantitative estimate of drug-likeness (QED) is 0.779. The van der Waals surface area contributed by atoms with Crippen LogP contribution in [0.3, 0.4) is 0 Å². The van der Waals surface area contributed by atoms with Crippen molar-refractivity contribution in [2.24, 2.45) is 0 Å². The fraction of sp³-hybridized carbons (Fsp3) is 0.455. The van der Waals surface area contributed by atoms with Crippen LogP contribution in [0.4, 0.5) is 0 Å². The Morgan fingerprint density at radius 2 is 1.89 bits per heavy atom. The van der Waals surface area contributed by atoms with Gasteiger partial charge in [0.1, 0.15) is 5.56 Å². The number of aryl methyl sites for hydroxylation is 2. The smallest absolute Gasteiger partial charge is 0.257 e. The Kier molecular flexibility index (Phi) is 6.11. The molecule has 1 aromatic carbocycles. The highest BCUT2D eigenvalue weighted by Crippen LogP contribution is 2.20. The van der Waals surface area contributed by atoms with E-state index in [9.17, 15) is 9.59 Å². The van der Waals surface area contributed by atoms with Gasteiger partial charge in [0.05, 0.1) is 0 Å². The van der Waals surface area contributed by atoms with Gasteiger partial charge in [-0.2, -0.15) is 0 Å². The van der Waals surface area contributed by atoms with Crippen molar-refractivity contribution < 1.29 is 4.79 Å². The number of hydrogen-bond acceptors (Lipinski definition) is 3. The average molecular weight is 367 g/mol. The zero-order valence-corrected chi connectivity index (χ0v) is 16.5. The van der Waals surface area contributed by atoms with Gasteiger partial charge in [-0.25, -0.2) is 0 Å². The van der Waals surface area contributed by atoms with Gasteiger partial charge < -0.3 is 14.8 Å². The summed E-state index contributed by atoms with van der Waals surface area (Å²) >= 11 is 0. The van der Waals surface area contributed by atoms with E-state index in [2.05, 4.69) is 26.9 Å². The van der Waals surface area contributed by atoms with Crippen molar-refractivity contribution >= 4 is 5.91 Å². The van der Waals surface area contributed by atoms with Crippen molar-refractivity contribution in [3.05, 3.63) is 69.1 Å². The molecule has 1 heterocycles. The molecule has 0 spiro atoms. The summed E-state index contributed by atoms with van der Waals surface area (Å²) in [4.78, 5) is 27.6. The molecule has 0 unspecified atom stereocenters. The number of amides is 1. The van der Waals surface area contributed by atoms with Crippen molar-refractivity contribution in [2.45, 2.75) is 45.2 Å². The van der Waals surface area contributed by atoms with Crippen molar-refractivity contribution in [2.75, 3.05) is 20.6 Å². The Balaban J connectivity index is 1.97. The molecule has 0 atom stereocenters. The van der Waals surface area contributed by atoms with E-state index in [0.717, 1.165) is 43.7 Å². The zero-order valence-electron chi connectivity index (χ0n) is 16.5. The van der Waals surface area contributed by atoms with Crippen LogP contribution in [-0.4, -0.2) is 42.1 Å². The molecule has 5 nitrogen and oxygen atoms in total. The lowest BCUT2D eigenvalue weighted by molar-refractivity contribution is 0.0948. The zero-order chi connectivity index (χ0) is 19.4. The van der Waals surface area contributed by atoms with E-state index in [1.165, 1.54) is 5.56 Å². The molecule has 5 heteroatoms. The molecule has 1 amide bonds. The predicted molar refractivity (Wildman–Crippen MR) is 108 cm³/mol. The maximum atomic E-state index is 12.8. The molecule has 144 valence electrons. The van der Waals surface area contributed by atoms with Gasteiger partial charge in [0.25, 0.3) is 5.91 Å². The normalized spacial score (nSPS) is 13.8. The number of hydrogen-bond donors (Lipinski definition) is 1. The second kappa shape index (κ2) is 8.53. The SMILES string of the molecule is Cc1cc(=O)c(C(=O)NC2CC2)c(CCc2ccccc2)n1CCN(C)C. The number of carbonyl (C=O) groups is 1. The Hall–Kier alpha value is -2.40. The number of aromatic nitrogens is 1. The Morgan fingerprint density at radius 3 is 2.52 bits per heavy atom. The molecule has 1 aliphatic carbocycles. The molecule has 1 aromatic heterocycles. The third kappa shape index (κ3) is 5.07. The molecule has 1 fully saturated rings. The molecule has 0 aliphatic heterocycles. The molecule has 0 radical (unpaired) electrons. The van der Waals surface area contributed by atoms with E-state index in [4.69, 9.17) is 0 Å². The van der Waals surface area contributed by atoms with Crippen LogP contribution in [0.1, 0.15) is 40.2 Å². The average Bonchev–Trinajstić information content (AvgIpc) is 3.43. The predicted octanol–water partition coefficient (Wildman–Crippen LogP) is 2.40. The molecule has 0 saturated heterocycles. The number of pyridine rings is 1. The van der Waals surface area contributed by atoms with Crippen LogP contribution in [0.5, 0.6) is 0 Å². The topological polar surface area (TPSA) is 54.3 Å². The second-order valence-corrected chi connectivity index (χ2v) is 7.66. The fourth-order valence-electron chi connectivity index (χ4n) is 3.34. The van der Waals surface area contributed by atoms with E-state index >= 15 is 0 Å². The van der Waals surface area contributed by atoms with Crippen molar-refractivity contribution in [3.8, 4) is 0 Å². The number of carbonyl (C=O) groups excluding carboxylic acids is 1. The number of likely N-dealkylation sites (N-methyl/N-ethyl adjacent to an activating group) is 1. The highest BCUT2D eigenvalue weighted by molar-refractivity contribution is 5.95.